The second-order valence-electron chi connectivity index (χ2n) is 7.81. The van der Waals surface area contributed by atoms with Crippen molar-refractivity contribution in [3.05, 3.63) is 48.8 Å². The number of nitrogens with zero attached hydrogens (tertiary/aromatic N) is 4. The number of fused-ring (bicyclic) bond motifs is 2. The highest BCUT2D eigenvalue weighted by molar-refractivity contribution is 5.75. The number of para-hydroxylation sites is 2. The monoisotopic (exact) mass is 392 g/mol. The number of ether oxygens (including phenoxy) is 2. The predicted molar refractivity (Wildman–Crippen MR) is 116 cm³/mol. The Hall–Kier alpha value is -2.89. The lowest BCUT2D eigenvalue weighted by Gasteiger charge is -2.44. The first kappa shape index (κ1) is 18.2. The minimum atomic E-state index is 0.451. The van der Waals surface area contributed by atoms with Crippen LogP contribution in [0, 0.1) is 0 Å². The molecule has 1 unspecified atom stereocenters. The number of rotatable bonds is 5. The van der Waals surface area contributed by atoms with E-state index in [0.717, 1.165) is 36.6 Å². The normalized spacial score (nSPS) is 19.0. The van der Waals surface area contributed by atoms with Crippen LogP contribution in [0.15, 0.2) is 48.8 Å². The van der Waals surface area contributed by atoms with Crippen LogP contribution in [-0.2, 0) is 0 Å². The molecule has 3 aromatic rings. The molecular weight excluding hydrogens is 364 g/mol. The third kappa shape index (κ3) is 3.48. The summed E-state index contributed by atoms with van der Waals surface area (Å²) in [6.45, 7) is 6.42. The van der Waals surface area contributed by atoms with Gasteiger partial charge in [0, 0.05) is 24.3 Å². The van der Waals surface area contributed by atoms with Gasteiger partial charge in [-0.3, -0.25) is 0 Å². The fourth-order valence-corrected chi connectivity index (χ4v) is 4.44. The molecule has 1 atom stereocenters. The van der Waals surface area contributed by atoms with E-state index in [9.17, 15) is 0 Å². The number of piperazine rings is 1. The van der Waals surface area contributed by atoms with Crippen molar-refractivity contribution in [1.82, 2.24) is 9.66 Å². The minimum Gasteiger partial charge on any atom is -0.486 e. The number of hydrogen-bond acceptors (Lipinski definition) is 5. The van der Waals surface area contributed by atoms with Gasteiger partial charge in [0.1, 0.15) is 19.5 Å². The van der Waals surface area contributed by atoms with E-state index in [1.165, 1.54) is 30.5 Å². The summed E-state index contributed by atoms with van der Waals surface area (Å²) in [6, 6.07) is 15.2. The van der Waals surface area contributed by atoms with Gasteiger partial charge >= 0.3 is 0 Å². The second kappa shape index (κ2) is 7.85. The largest absolute Gasteiger partial charge is 0.486 e. The van der Waals surface area contributed by atoms with Gasteiger partial charge in [0.2, 0.25) is 0 Å². The Balaban J connectivity index is 1.41. The Morgan fingerprint density at radius 2 is 1.90 bits per heavy atom. The molecule has 1 fully saturated rings. The molecule has 0 saturated carbocycles. The summed E-state index contributed by atoms with van der Waals surface area (Å²) in [5.74, 6) is 1.72. The summed E-state index contributed by atoms with van der Waals surface area (Å²) in [5, 5.41) is 2.43. The van der Waals surface area contributed by atoms with Crippen molar-refractivity contribution in [2.24, 2.45) is 0 Å². The topological polar surface area (TPSA) is 42.8 Å². The van der Waals surface area contributed by atoms with Crippen molar-refractivity contribution in [3.63, 3.8) is 0 Å². The molecular formula is C23H28N4O2. The van der Waals surface area contributed by atoms with Crippen molar-refractivity contribution in [3.8, 4) is 11.5 Å². The highest BCUT2D eigenvalue weighted by atomic mass is 16.6. The SMILES string of the molecule is CCCCC1CN(n2cnc3ccccc32)CCN1c1ccc2c(c1)OCCO2. The molecule has 0 aliphatic carbocycles. The number of imidazole rings is 1. The van der Waals surface area contributed by atoms with Gasteiger partial charge in [-0.05, 0) is 30.7 Å². The molecule has 29 heavy (non-hydrogen) atoms. The van der Waals surface area contributed by atoms with Crippen molar-refractivity contribution >= 4 is 16.7 Å². The van der Waals surface area contributed by atoms with Gasteiger partial charge in [-0.25, -0.2) is 9.66 Å². The van der Waals surface area contributed by atoms with Crippen LogP contribution in [0.3, 0.4) is 0 Å². The van der Waals surface area contributed by atoms with E-state index in [1.807, 2.05) is 12.4 Å². The lowest BCUT2D eigenvalue weighted by Crippen LogP contribution is -2.56. The van der Waals surface area contributed by atoms with Gasteiger partial charge in [0.15, 0.2) is 11.5 Å². The van der Waals surface area contributed by atoms with Gasteiger partial charge in [-0.1, -0.05) is 31.9 Å². The Morgan fingerprint density at radius 3 is 2.79 bits per heavy atom. The van der Waals surface area contributed by atoms with Crippen molar-refractivity contribution in [2.45, 2.75) is 32.2 Å². The van der Waals surface area contributed by atoms with E-state index in [4.69, 9.17) is 9.47 Å². The minimum absolute atomic E-state index is 0.451. The first-order valence-electron chi connectivity index (χ1n) is 10.7. The molecule has 6 nitrogen and oxygen atoms in total. The molecule has 2 aliphatic rings. The third-order valence-electron chi connectivity index (χ3n) is 5.95. The van der Waals surface area contributed by atoms with Crippen molar-refractivity contribution in [1.29, 1.82) is 0 Å². The lowest BCUT2D eigenvalue weighted by molar-refractivity contribution is 0.171. The summed E-state index contributed by atoms with van der Waals surface area (Å²) in [6.07, 6.45) is 5.57. The average Bonchev–Trinajstić information content (AvgIpc) is 3.21. The van der Waals surface area contributed by atoms with Crippen LogP contribution in [0.4, 0.5) is 5.69 Å². The predicted octanol–water partition coefficient (Wildman–Crippen LogP) is 3.82. The van der Waals surface area contributed by atoms with E-state index in [2.05, 4.69) is 62.9 Å². The van der Waals surface area contributed by atoms with Crippen LogP contribution < -0.4 is 19.4 Å². The fraction of sp³-hybridized carbons (Fsp3) is 0.435. The van der Waals surface area contributed by atoms with Gasteiger partial charge in [0.05, 0.1) is 24.1 Å². The zero-order valence-corrected chi connectivity index (χ0v) is 17.0. The maximum atomic E-state index is 5.83. The fourth-order valence-electron chi connectivity index (χ4n) is 4.44. The molecule has 0 N–H and O–H groups in total. The lowest BCUT2D eigenvalue weighted by atomic mass is 10.0. The summed E-state index contributed by atoms with van der Waals surface area (Å²) in [5.41, 5.74) is 3.45. The Bertz CT molecular complexity index is 986. The molecule has 152 valence electrons. The van der Waals surface area contributed by atoms with Gasteiger partial charge in [0.25, 0.3) is 0 Å². The van der Waals surface area contributed by atoms with Gasteiger partial charge in [-0.2, -0.15) is 0 Å². The first-order chi connectivity index (χ1) is 14.3. The zero-order chi connectivity index (χ0) is 19.6. The Labute approximate surface area is 171 Å². The second-order valence-corrected chi connectivity index (χ2v) is 7.81. The Morgan fingerprint density at radius 1 is 1.03 bits per heavy atom. The van der Waals surface area contributed by atoms with E-state index in [1.54, 1.807) is 0 Å². The summed E-state index contributed by atoms with van der Waals surface area (Å²) >= 11 is 0. The zero-order valence-electron chi connectivity index (χ0n) is 17.0. The molecule has 2 aliphatic heterocycles. The maximum absolute atomic E-state index is 5.83. The Kier molecular flexibility index (Phi) is 4.92. The standard InChI is InChI=1S/C23H28N4O2/c1-2-3-6-19-16-25(27-17-24-20-7-4-5-8-21(20)27)11-12-26(19)18-9-10-22-23(15-18)29-14-13-28-22/h4-5,7-10,15,17,19H,2-3,6,11-14,16H2,1H3. The quantitative estimate of drug-likeness (QED) is 0.660. The van der Waals surface area contributed by atoms with Gasteiger partial charge in [-0.15, -0.1) is 0 Å². The number of unbranched alkanes of at least 4 members (excludes halogenated alkanes) is 1. The van der Waals surface area contributed by atoms with Crippen LogP contribution in [0.1, 0.15) is 26.2 Å². The van der Waals surface area contributed by atoms with E-state index in [0.29, 0.717) is 19.3 Å². The maximum Gasteiger partial charge on any atom is 0.163 e. The molecule has 5 rings (SSSR count). The van der Waals surface area contributed by atoms with E-state index < -0.39 is 0 Å². The van der Waals surface area contributed by atoms with Crippen LogP contribution in [0.2, 0.25) is 0 Å². The molecule has 0 bridgehead atoms. The molecule has 0 spiro atoms. The third-order valence-corrected chi connectivity index (χ3v) is 5.95. The van der Waals surface area contributed by atoms with E-state index in [-0.39, 0.29) is 0 Å². The summed E-state index contributed by atoms with van der Waals surface area (Å²) in [7, 11) is 0. The molecule has 3 heterocycles. The van der Waals surface area contributed by atoms with Crippen LogP contribution >= 0.6 is 0 Å². The van der Waals surface area contributed by atoms with Crippen LogP contribution in [0.5, 0.6) is 11.5 Å². The molecule has 1 aromatic heterocycles. The average molecular weight is 393 g/mol. The number of aromatic nitrogens is 2. The highest BCUT2D eigenvalue weighted by Gasteiger charge is 2.28. The molecule has 0 radical (unpaired) electrons. The van der Waals surface area contributed by atoms with E-state index >= 15 is 0 Å². The summed E-state index contributed by atoms with van der Waals surface area (Å²) in [4.78, 5) is 7.13. The smallest absolute Gasteiger partial charge is 0.163 e. The van der Waals surface area contributed by atoms with Crippen molar-refractivity contribution < 1.29 is 9.47 Å². The van der Waals surface area contributed by atoms with Gasteiger partial charge < -0.3 is 19.4 Å². The number of benzene rings is 2. The van der Waals surface area contributed by atoms with Crippen LogP contribution in [0.25, 0.3) is 11.0 Å². The number of anilines is 1. The first-order valence-corrected chi connectivity index (χ1v) is 10.7. The highest BCUT2D eigenvalue weighted by Crippen LogP contribution is 2.35. The molecule has 6 heteroatoms. The summed E-state index contributed by atoms with van der Waals surface area (Å²) < 4.78 is 13.8. The van der Waals surface area contributed by atoms with Crippen LogP contribution in [-0.4, -0.2) is 48.5 Å². The van der Waals surface area contributed by atoms with Crippen molar-refractivity contribution in [2.75, 3.05) is 42.8 Å². The molecule has 2 aromatic carbocycles. The molecule has 1 saturated heterocycles. The number of hydrogen-bond donors (Lipinski definition) is 0. The molecule has 0 amide bonds.